The third kappa shape index (κ3) is 1.71. The minimum Gasteiger partial charge on any atom is -0.475 e. The maximum atomic E-state index is 11.9. The minimum absolute atomic E-state index is 0.0961. The Kier molecular flexibility index (Phi) is 2.71. The van der Waals surface area contributed by atoms with Crippen LogP contribution in [0.2, 0.25) is 5.28 Å². The molecule has 86 valence electrons. The Balaban J connectivity index is 2.44. The number of nitrogens with zero attached hydrogens (tertiary/aromatic N) is 3. The molecule has 16 heavy (non-hydrogen) atoms. The number of carbonyl (C=O) groups is 1. The van der Waals surface area contributed by atoms with Gasteiger partial charge in [-0.05, 0) is 17.5 Å². The van der Waals surface area contributed by atoms with E-state index >= 15 is 0 Å². The zero-order valence-corrected chi connectivity index (χ0v) is 10.0. The van der Waals surface area contributed by atoms with Crippen LogP contribution in [0.4, 0.5) is 5.82 Å². The summed E-state index contributed by atoms with van der Waals surface area (Å²) in [6, 6.07) is 0. The fraction of sp³-hybridized carbons (Fsp3) is 0.500. The number of amides is 1. The molecule has 6 heteroatoms. The van der Waals surface area contributed by atoms with Gasteiger partial charge in [0.2, 0.25) is 5.28 Å². The van der Waals surface area contributed by atoms with E-state index in [1.165, 1.54) is 11.1 Å². The highest BCUT2D eigenvalue weighted by atomic mass is 35.5. The summed E-state index contributed by atoms with van der Waals surface area (Å²) in [6.45, 7) is 3.86. The highest BCUT2D eigenvalue weighted by molar-refractivity contribution is 6.28. The molecule has 1 aromatic heterocycles. The fourth-order valence-electron chi connectivity index (χ4n) is 1.57. The number of ether oxygens (including phenoxy) is 1. The number of hydrogen-bond acceptors (Lipinski definition) is 4. The molecule has 0 saturated heterocycles. The first-order valence-corrected chi connectivity index (χ1v) is 5.35. The quantitative estimate of drug-likeness (QED) is 0.700. The van der Waals surface area contributed by atoms with Gasteiger partial charge in [-0.1, -0.05) is 13.8 Å². The minimum atomic E-state index is -0.484. The average molecular weight is 242 g/mol. The molecule has 1 aromatic rings. The lowest BCUT2D eigenvalue weighted by Gasteiger charge is -2.32. The molecule has 0 aliphatic carbocycles. The number of likely N-dealkylation sites (N-methyl/N-ethyl adjacent to an activating group) is 1. The van der Waals surface area contributed by atoms with Gasteiger partial charge in [0.25, 0.3) is 5.91 Å². The monoisotopic (exact) mass is 241 g/mol. The predicted molar refractivity (Wildman–Crippen MR) is 59.7 cm³/mol. The van der Waals surface area contributed by atoms with Crippen LogP contribution in [0, 0.1) is 5.92 Å². The molecule has 2 rings (SSSR count). The molecule has 1 aliphatic heterocycles. The van der Waals surface area contributed by atoms with Crippen LogP contribution in [0.3, 0.4) is 0 Å². The molecular formula is C10H12ClN3O2. The third-order valence-corrected chi connectivity index (χ3v) is 2.64. The van der Waals surface area contributed by atoms with Gasteiger partial charge in [0.15, 0.2) is 17.7 Å². The summed E-state index contributed by atoms with van der Waals surface area (Å²) in [7, 11) is 1.66. The molecule has 1 amide bonds. The van der Waals surface area contributed by atoms with Crippen molar-refractivity contribution in [2.24, 2.45) is 5.92 Å². The average Bonchev–Trinajstić information content (AvgIpc) is 2.23. The molecule has 2 heterocycles. The van der Waals surface area contributed by atoms with Crippen molar-refractivity contribution in [3.05, 3.63) is 11.5 Å². The van der Waals surface area contributed by atoms with Crippen molar-refractivity contribution in [1.82, 2.24) is 9.97 Å². The summed E-state index contributed by atoms with van der Waals surface area (Å²) in [6.07, 6.45) is 1.01. The zero-order chi connectivity index (χ0) is 11.9. The molecule has 1 aliphatic rings. The van der Waals surface area contributed by atoms with Crippen LogP contribution in [0.1, 0.15) is 13.8 Å². The Morgan fingerprint density at radius 2 is 2.25 bits per heavy atom. The molecule has 0 N–H and O–H groups in total. The molecule has 1 atom stereocenters. The van der Waals surface area contributed by atoms with Gasteiger partial charge >= 0.3 is 0 Å². The summed E-state index contributed by atoms with van der Waals surface area (Å²) in [4.78, 5) is 21.2. The Hall–Kier alpha value is -1.36. The van der Waals surface area contributed by atoms with Gasteiger partial charge < -0.3 is 4.74 Å². The smallest absolute Gasteiger partial charge is 0.269 e. The normalized spacial score (nSPS) is 19.7. The lowest BCUT2D eigenvalue weighted by molar-refractivity contribution is -0.127. The lowest BCUT2D eigenvalue weighted by atomic mass is 10.1. The number of hydrogen-bond donors (Lipinski definition) is 0. The SMILES string of the molecule is CC(C)C1Oc2cnc(Cl)nc2N(C)C1=O. The van der Waals surface area contributed by atoms with Crippen LogP contribution in [-0.4, -0.2) is 29.0 Å². The predicted octanol–water partition coefficient (Wildman–Crippen LogP) is 1.51. The van der Waals surface area contributed by atoms with Crippen LogP contribution < -0.4 is 9.64 Å². The van der Waals surface area contributed by atoms with Crippen LogP contribution in [0.5, 0.6) is 5.75 Å². The van der Waals surface area contributed by atoms with E-state index in [1.807, 2.05) is 13.8 Å². The largest absolute Gasteiger partial charge is 0.475 e. The highest BCUT2D eigenvalue weighted by Crippen LogP contribution is 2.32. The highest BCUT2D eigenvalue weighted by Gasteiger charge is 2.35. The molecule has 1 unspecified atom stereocenters. The van der Waals surface area contributed by atoms with Crippen molar-refractivity contribution in [2.45, 2.75) is 20.0 Å². The van der Waals surface area contributed by atoms with Crippen molar-refractivity contribution < 1.29 is 9.53 Å². The third-order valence-electron chi connectivity index (χ3n) is 2.46. The number of anilines is 1. The Bertz CT molecular complexity index is 436. The van der Waals surface area contributed by atoms with Gasteiger partial charge in [0.1, 0.15) is 0 Å². The van der Waals surface area contributed by atoms with Crippen LogP contribution >= 0.6 is 11.6 Å². The van der Waals surface area contributed by atoms with Crippen LogP contribution in [0.25, 0.3) is 0 Å². The summed E-state index contributed by atoms with van der Waals surface area (Å²) in [5.41, 5.74) is 0. The van der Waals surface area contributed by atoms with Crippen molar-refractivity contribution >= 4 is 23.3 Å². The Labute approximate surface area is 98.4 Å². The van der Waals surface area contributed by atoms with E-state index in [9.17, 15) is 4.79 Å². The number of aromatic nitrogens is 2. The first-order valence-electron chi connectivity index (χ1n) is 4.97. The van der Waals surface area contributed by atoms with E-state index in [0.717, 1.165) is 0 Å². The van der Waals surface area contributed by atoms with E-state index in [2.05, 4.69) is 9.97 Å². The molecule has 0 radical (unpaired) electrons. The summed E-state index contributed by atoms with van der Waals surface area (Å²) >= 11 is 5.67. The van der Waals surface area contributed by atoms with Crippen molar-refractivity contribution in [2.75, 3.05) is 11.9 Å². The Morgan fingerprint density at radius 1 is 1.56 bits per heavy atom. The second-order valence-electron chi connectivity index (χ2n) is 4.01. The number of carbonyl (C=O) groups excluding carboxylic acids is 1. The molecular weight excluding hydrogens is 230 g/mol. The second-order valence-corrected chi connectivity index (χ2v) is 4.34. The molecule has 0 spiro atoms. The summed E-state index contributed by atoms with van der Waals surface area (Å²) in [5.74, 6) is 0.892. The van der Waals surface area contributed by atoms with Crippen molar-refractivity contribution in [3.63, 3.8) is 0 Å². The van der Waals surface area contributed by atoms with Crippen molar-refractivity contribution in [3.8, 4) is 5.75 Å². The maximum absolute atomic E-state index is 11.9. The first-order chi connectivity index (χ1) is 7.50. The van der Waals surface area contributed by atoms with Gasteiger partial charge in [-0.25, -0.2) is 4.98 Å². The van der Waals surface area contributed by atoms with Crippen LogP contribution in [-0.2, 0) is 4.79 Å². The lowest BCUT2D eigenvalue weighted by Crippen LogP contribution is -2.46. The number of fused-ring (bicyclic) bond motifs is 1. The summed E-state index contributed by atoms with van der Waals surface area (Å²) < 4.78 is 5.56. The van der Waals surface area contributed by atoms with E-state index in [0.29, 0.717) is 11.6 Å². The van der Waals surface area contributed by atoms with Gasteiger partial charge in [0, 0.05) is 7.05 Å². The molecule has 0 aromatic carbocycles. The van der Waals surface area contributed by atoms with Crippen molar-refractivity contribution in [1.29, 1.82) is 0 Å². The van der Waals surface area contributed by atoms with Gasteiger partial charge in [-0.2, -0.15) is 4.98 Å². The number of halogens is 1. The topological polar surface area (TPSA) is 55.3 Å². The Morgan fingerprint density at radius 3 is 2.88 bits per heavy atom. The van der Waals surface area contributed by atoms with E-state index in [4.69, 9.17) is 16.3 Å². The molecule has 0 bridgehead atoms. The molecule has 0 saturated carbocycles. The van der Waals surface area contributed by atoms with Crippen LogP contribution in [0.15, 0.2) is 6.20 Å². The fourth-order valence-corrected chi connectivity index (χ4v) is 1.70. The molecule has 5 nitrogen and oxygen atoms in total. The first kappa shape index (κ1) is 11.1. The van der Waals surface area contributed by atoms with Gasteiger partial charge in [0.05, 0.1) is 6.20 Å². The van der Waals surface area contributed by atoms with Gasteiger partial charge in [-0.15, -0.1) is 0 Å². The maximum Gasteiger partial charge on any atom is 0.269 e. The molecule has 0 fully saturated rings. The van der Waals surface area contributed by atoms with E-state index in [1.54, 1.807) is 7.05 Å². The van der Waals surface area contributed by atoms with E-state index < -0.39 is 6.10 Å². The van der Waals surface area contributed by atoms with Gasteiger partial charge in [-0.3, -0.25) is 9.69 Å². The zero-order valence-electron chi connectivity index (χ0n) is 9.27. The standard InChI is InChI=1S/C10H12ClN3O2/c1-5(2)7-9(15)14(3)8-6(16-7)4-12-10(11)13-8/h4-5,7H,1-3H3. The number of rotatable bonds is 1. The second kappa shape index (κ2) is 3.90. The van der Waals surface area contributed by atoms with E-state index in [-0.39, 0.29) is 17.1 Å². The summed E-state index contributed by atoms with van der Waals surface area (Å²) in [5, 5.41) is 0.102.